The number of rotatable bonds is 6. The van der Waals surface area contributed by atoms with Crippen LogP contribution in [-0.2, 0) is 25.2 Å². The monoisotopic (exact) mass is 441 g/mol. The normalized spacial score (nSPS) is 11.2. The number of hydrogen-bond acceptors (Lipinski definition) is 5. The number of amides is 1. The highest BCUT2D eigenvalue weighted by molar-refractivity contribution is 6.30. The Morgan fingerprint density at radius 2 is 1.77 bits per heavy atom. The zero-order chi connectivity index (χ0) is 22.3. The SMILES string of the molecule is COC(=O)c1ccc(C=CC(=O)OCC(=O)Nc2ccc(Cl)cc2C(F)(F)F)cc1. The second kappa shape index (κ2) is 9.93. The fourth-order valence-corrected chi connectivity index (χ4v) is 2.42. The molecule has 0 fully saturated rings. The van der Waals surface area contributed by atoms with Crippen molar-refractivity contribution in [2.24, 2.45) is 0 Å². The number of halogens is 4. The van der Waals surface area contributed by atoms with Crippen molar-refractivity contribution < 1.29 is 37.0 Å². The first kappa shape index (κ1) is 23.0. The average Bonchev–Trinajstić information content (AvgIpc) is 2.71. The molecular formula is C20H15ClF3NO5. The summed E-state index contributed by atoms with van der Waals surface area (Å²) in [7, 11) is 1.25. The van der Waals surface area contributed by atoms with Gasteiger partial charge in [-0.3, -0.25) is 4.79 Å². The number of methoxy groups -OCH3 is 1. The smallest absolute Gasteiger partial charge is 0.418 e. The number of carbonyl (C=O) groups excluding carboxylic acids is 3. The van der Waals surface area contributed by atoms with Gasteiger partial charge in [0, 0.05) is 11.1 Å². The van der Waals surface area contributed by atoms with E-state index < -0.39 is 41.9 Å². The standard InChI is InChI=1S/C20H15ClF3NO5/c1-29-19(28)13-5-2-12(3-6-13)4-9-18(27)30-11-17(26)25-16-8-7-14(21)10-15(16)20(22,23)24/h2-10H,11H2,1H3,(H,25,26). The number of ether oxygens (including phenoxy) is 2. The minimum absolute atomic E-state index is 0.142. The van der Waals surface area contributed by atoms with Crippen LogP contribution >= 0.6 is 11.6 Å². The maximum atomic E-state index is 13.0. The zero-order valence-electron chi connectivity index (χ0n) is 15.5. The van der Waals surface area contributed by atoms with Crippen LogP contribution < -0.4 is 5.32 Å². The van der Waals surface area contributed by atoms with E-state index in [0.717, 1.165) is 12.1 Å². The molecule has 1 N–H and O–H groups in total. The molecule has 0 spiro atoms. The summed E-state index contributed by atoms with van der Waals surface area (Å²) in [6.07, 6.45) is -2.32. The molecule has 0 radical (unpaired) electrons. The Labute approximate surface area is 174 Å². The molecule has 6 nitrogen and oxygen atoms in total. The molecule has 30 heavy (non-hydrogen) atoms. The van der Waals surface area contributed by atoms with Crippen LogP contribution in [0.15, 0.2) is 48.5 Å². The highest BCUT2D eigenvalue weighted by Gasteiger charge is 2.34. The summed E-state index contributed by atoms with van der Waals surface area (Å²) in [5.41, 5.74) is -0.728. The van der Waals surface area contributed by atoms with Gasteiger partial charge in [0.25, 0.3) is 5.91 Å². The van der Waals surface area contributed by atoms with Gasteiger partial charge in [0.2, 0.25) is 0 Å². The number of benzene rings is 2. The molecule has 0 atom stereocenters. The van der Waals surface area contributed by atoms with Crippen LogP contribution in [0, 0.1) is 0 Å². The Hall–Kier alpha value is -3.33. The van der Waals surface area contributed by atoms with E-state index in [-0.39, 0.29) is 5.02 Å². The highest BCUT2D eigenvalue weighted by Crippen LogP contribution is 2.36. The van der Waals surface area contributed by atoms with E-state index in [1.165, 1.54) is 31.4 Å². The molecule has 1 amide bonds. The molecule has 2 aromatic rings. The molecule has 0 heterocycles. The number of carbonyl (C=O) groups is 3. The van der Waals surface area contributed by atoms with E-state index in [9.17, 15) is 27.6 Å². The second-order valence-corrected chi connectivity index (χ2v) is 6.23. The third kappa shape index (κ3) is 6.63. The Morgan fingerprint density at radius 1 is 1.10 bits per heavy atom. The largest absolute Gasteiger partial charge is 0.465 e. The van der Waals surface area contributed by atoms with Gasteiger partial charge in [-0.1, -0.05) is 23.7 Å². The van der Waals surface area contributed by atoms with Crippen molar-refractivity contribution in [3.8, 4) is 0 Å². The topological polar surface area (TPSA) is 81.7 Å². The highest BCUT2D eigenvalue weighted by atomic mass is 35.5. The van der Waals surface area contributed by atoms with Crippen LogP contribution in [0.4, 0.5) is 18.9 Å². The summed E-state index contributed by atoms with van der Waals surface area (Å²) >= 11 is 5.57. The quantitative estimate of drug-likeness (QED) is 0.532. The Bertz CT molecular complexity index is 971. The Kier molecular flexibility index (Phi) is 7.60. The number of hydrogen-bond donors (Lipinski definition) is 1. The van der Waals surface area contributed by atoms with Gasteiger partial charge in [-0.25, -0.2) is 9.59 Å². The van der Waals surface area contributed by atoms with Gasteiger partial charge in [-0.2, -0.15) is 13.2 Å². The minimum atomic E-state index is -4.73. The van der Waals surface area contributed by atoms with E-state index in [4.69, 9.17) is 16.3 Å². The van der Waals surface area contributed by atoms with E-state index in [1.54, 1.807) is 12.1 Å². The van der Waals surface area contributed by atoms with Gasteiger partial charge < -0.3 is 14.8 Å². The molecule has 0 bridgehead atoms. The van der Waals surface area contributed by atoms with Crippen LogP contribution in [-0.4, -0.2) is 31.6 Å². The lowest BCUT2D eigenvalue weighted by atomic mass is 10.1. The van der Waals surface area contributed by atoms with Gasteiger partial charge >= 0.3 is 18.1 Å². The van der Waals surface area contributed by atoms with Gasteiger partial charge in [0.1, 0.15) is 0 Å². The first-order valence-corrected chi connectivity index (χ1v) is 8.68. The number of alkyl halides is 3. The third-order valence-corrected chi connectivity index (χ3v) is 3.89. The summed E-state index contributed by atoms with van der Waals surface area (Å²) in [5.74, 6) is -2.34. The molecule has 0 saturated carbocycles. The number of anilines is 1. The summed E-state index contributed by atoms with van der Waals surface area (Å²) in [6, 6.07) is 8.97. The van der Waals surface area contributed by atoms with E-state index in [0.29, 0.717) is 17.2 Å². The molecule has 0 unspecified atom stereocenters. The van der Waals surface area contributed by atoms with Gasteiger partial charge in [0.15, 0.2) is 6.61 Å². The van der Waals surface area contributed by atoms with Crippen molar-refractivity contribution in [1.29, 1.82) is 0 Å². The van der Waals surface area contributed by atoms with Gasteiger partial charge in [-0.05, 0) is 42.0 Å². The number of esters is 2. The van der Waals surface area contributed by atoms with E-state index in [2.05, 4.69) is 4.74 Å². The Morgan fingerprint density at radius 3 is 2.37 bits per heavy atom. The lowest BCUT2D eigenvalue weighted by Gasteiger charge is -2.14. The van der Waals surface area contributed by atoms with Crippen molar-refractivity contribution in [1.82, 2.24) is 0 Å². The van der Waals surface area contributed by atoms with Crippen molar-refractivity contribution in [3.05, 3.63) is 70.3 Å². The molecule has 2 rings (SSSR count). The van der Waals surface area contributed by atoms with Crippen molar-refractivity contribution in [2.45, 2.75) is 6.18 Å². The summed E-state index contributed by atoms with van der Waals surface area (Å²) < 4.78 is 48.3. The summed E-state index contributed by atoms with van der Waals surface area (Å²) in [6.45, 7) is -0.787. The lowest BCUT2D eigenvalue weighted by Crippen LogP contribution is -2.22. The Balaban J connectivity index is 1.91. The van der Waals surface area contributed by atoms with Crippen LogP contribution in [0.3, 0.4) is 0 Å². The van der Waals surface area contributed by atoms with Crippen molar-refractivity contribution >= 4 is 41.2 Å². The fourth-order valence-electron chi connectivity index (χ4n) is 2.24. The molecule has 0 aliphatic rings. The molecule has 0 aromatic heterocycles. The minimum Gasteiger partial charge on any atom is -0.465 e. The zero-order valence-corrected chi connectivity index (χ0v) is 16.2. The number of nitrogens with one attached hydrogen (secondary N) is 1. The fraction of sp³-hybridized carbons (Fsp3) is 0.150. The van der Waals surface area contributed by atoms with Crippen molar-refractivity contribution in [3.63, 3.8) is 0 Å². The van der Waals surface area contributed by atoms with Crippen LogP contribution in [0.2, 0.25) is 5.02 Å². The van der Waals surface area contributed by atoms with E-state index in [1.807, 2.05) is 5.32 Å². The molecule has 10 heteroatoms. The van der Waals surface area contributed by atoms with E-state index >= 15 is 0 Å². The van der Waals surface area contributed by atoms with Gasteiger partial charge in [-0.15, -0.1) is 0 Å². The maximum absolute atomic E-state index is 13.0. The molecule has 158 valence electrons. The second-order valence-electron chi connectivity index (χ2n) is 5.79. The van der Waals surface area contributed by atoms with Crippen LogP contribution in [0.5, 0.6) is 0 Å². The predicted octanol–water partition coefficient (Wildman–Crippen LogP) is 4.34. The van der Waals surface area contributed by atoms with Crippen LogP contribution in [0.25, 0.3) is 6.08 Å². The van der Waals surface area contributed by atoms with Crippen molar-refractivity contribution in [2.75, 3.05) is 19.0 Å². The molecule has 0 aliphatic carbocycles. The van der Waals surface area contributed by atoms with Gasteiger partial charge in [0.05, 0.1) is 23.9 Å². The maximum Gasteiger partial charge on any atom is 0.418 e. The first-order valence-electron chi connectivity index (χ1n) is 8.30. The summed E-state index contributed by atoms with van der Waals surface area (Å²) in [4.78, 5) is 34.9. The summed E-state index contributed by atoms with van der Waals surface area (Å²) in [5, 5.41) is 1.89. The third-order valence-electron chi connectivity index (χ3n) is 3.65. The molecular weight excluding hydrogens is 427 g/mol. The predicted molar refractivity (Wildman–Crippen MR) is 103 cm³/mol. The first-order chi connectivity index (χ1) is 14.1. The molecule has 0 aliphatic heterocycles. The lowest BCUT2D eigenvalue weighted by molar-refractivity contribution is -0.142. The molecule has 2 aromatic carbocycles. The average molecular weight is 442 g/mol. The molecule has 0 saturated heterocycles. The van der Waals surface area contributed by atoms with Crippen LogP contribution in [0.1, 0.15) is 21.5 Å².